The van der Waals surface area contributed by atoms with Crippen molar-refractivity contribution >= 4 is 11.6 Å². The topological polar surface area (TPSA) is 63.5 Å². The Balaban J connectivity index is 1.85. The van der Waals surface area contributed by atoms with Gasteiger partial charge in [0.05, 0.1) is 5.56 Å². The summed E-state index contributed by atoms with van der Waals surface area (Å²) in [7, 11) is 0. The van der Waals surface area contributed by atoms with Crippen LogP contribution >= 0.6 is 0 Å². The molecule has 0 aliphatic carbocycles. The quantitative estimate of drug-likeness (QED) is 0.792. The van der Waals surface area contributed by atoms with Gasteiger partial charge in [0.15, 0.2) is 0 Å². The SMILES string of the molecule is O=C(NCc1ccccc1C(F)(F)F)c1cnc2ccccn2c1=O. The Labute approximate surface area is 139 Å². The number of alkyl halides is 3. The number of aromatic nitrogens is 2. The van der Waals surface area contributed by atoms with Gasteiger partial charge in [-0.3, -0.25) is 14.0 Å². The number of pyridine rings is 1. The Hall–Kier alpha value is -3.16. The van der Waals surface area contributed by atoms with Crippen LogP contribution in [0.2, 0.25) is 0 Å². The van der Waals surface area contributed by atoms with Crippen LogP contribution in [0.5, 0.6) is 0 Å². The molecule has 1 aromatic carbocycles. The zero-order valence-electron chi connectivity index (χ0n) is 12.7. The molecule has 1 amide bonds. The maximum Gasteiger partial charge on any atom is 0.416 e. The lowest BCUT2D eigenvalue weighted by molar-refractivity contribution is -0.138. The number of carbonyl (C=O) groups is 1. The van der Waals surface area contributed by atoms with Crippen LogP contribution in [0.1, 0.15) is 21.5 Å². The van der Waals surface area contributed by atoms with Crippen molar-refractivity contribution in [1.29, 1.82) is 0 Å². The number of carbonyl (C=O) groups excluding carboxylic acids is 1. The third-order valence-electron chi connectivity index (χ3n) is 3.62. The van der Waals surface area contributed by atoms with Crippen molar-refractivity contribution in [2.24, 2.45) is 0 Å². The molecule has 8 heteroatoms. The van der Waals surface area contributed by atoms with Gasteiger partial charge in [-0.05, 0) is 23.8 Å². The number of fused-ring (bicyclic) bond motifs is 1. The summed E-state index contributed by atoms with van der Waals surface area (Å²) in [6.07, 6.45) is -1.95. The minimum Gasteiger partial charge on any atom is -0.348 e. The maximum absolute atomic E-state index is 13.0. The molecular formula is C17H12F3N3O2. The van der Waals surface area contributed by atoms with Crippen molar-refractivity contribution in [1.82, 2.24) is 14.7 Å². The molecule has 128 valence electrons. The number of hydrogen-bond donors (Lipinski definition) is 1. The predicted octanol–water partition coefficient (Wildman–Crippen LogP) is 2.64. The van der Waals surface area contributed by atoms with Gasteiger partial charge in [-0.2, -0.15) is 13.2 Å². The summed E-state index contributed by atoms with van der Waals surface area (Å²) in [5, 5.41) is 2.34. The third kappa shape index (κ3) is 3.37. The second-order valence-electron chi connectivity index (χ2n) is 5.24. The van der Waals surface area contributed by atoms with Crippen molar-refractivity contribution in [3.63, 3.8) is 0 Å². The van der Waals surface area contributed by atoms with Gasteiger partial charge in [0.25, 0.3) is 11.5 Å². The first-order valence-electron chi connectivity index (χ1n) is 7.27. The molecule has 0 aliphatic heterocycles. The smallest absolute Gasteiger partial charge is 0.348 e. The number of benzene rings is 1. The molecule has 5 nitrogen and oxygen atoms in total. The first-order chi connectivity index (χ1) is 11.9. The van der Waals surface area contributed by atoms with Crippen LogP contribution in [0.3, 0.4) is 0 Å². The Morgan fingerprint density at radius 1 is 1.12 bits per heavy atom. The zero-order valence-corrected chi connectivity index (χ0v) is 12.7. The molecule has 0 fully saturated rings. The van der Waals surface area contributed by atoms with E-state index in [2.05, 4.69) is 10.3 Å². The molecule has 0 atom stereocenters. The van der Waals surface area contributed by atoms with Gasteiger partial charge in [0.1, 0.15) is 11.2 Å². The van der Waals surface area contributed by atoms with Gasteiger partial charge in [-0.1, -0.05) is 24.3 Å². The largest absolute Gasteiger partial charge is 0.416 e. The van der Waals surface area contributed by atoms with Gasteiger partial charge >= 0.3 is 6.18 Å². The second kappa shape index (κ2) is 6.39. The molecule has 0 spiro atoms. The van der Waals surface area contributed by atoms with E-state index < -0.39 is 23.2 Å². The van der Waals surface area contributed by atoms with Crippen LogP contribution in [-0.2, 0) is 12.7 Å². The van der Waals surface area contributed by atoms with E-state index in [9.17, 15) is 22.8 Å². The number of hydrogen-bond acceptors (Lipinski definition) is 3. The molecular weight excluding hydrogens is 335 g/mol. The molecule has 1 N–H and O–H groups in total. The fourth-order valence-electron chi connectivity index (χ4n) is 2.40. The third-order valence-corrected chi connectivity index (χ3v) is 3.62. The Morgan fingerprint density at radius 2 is 1.84 bits per heavy atom. The minimum absolute atomic E-state index is 0.0859. The molecule has 0 aliphatic rings. The minimum atomic E-state index is -4.52. The van der Waals surface area contributed by atoms with Gasteiger partial charge < -0.3 is 5.32 Å². The van der Waals surface area contributed by atoms with E-state index in [0.29, 0.717) is 5.65 Å². The Bertz CT molecular complexity index is 996. The average Bonchev–Trinajstić information content (AvgIpc) is 2.60. The summed E-state index contributed by atoms with van der Waals surface area (Å²) in [5.74, 6) is -0.785. The van der Waals surface area contributed by atoms with Crippen molar-refractivity contribution in [2.75, 3.05) is 0 Å². The standard InChI is InChI=1S/C17H12F3N3O2/c18-17(19,20)13-6-2-1-5-11(13)9-22-15(24)12-10-21-14-7-3-4-8-23(14)16(12)25/h1-8,10H,9H2,(H,22,24). The monoisotopic (exact) mass is 347 g/mol. The number of rotatable bonds is 3. The second-order valence-corrected chi connectivity index (χ2v) is 5.24. The van der Waals surface area contributed by atoms with Gasteiger partial charge in [-0.15, -0.1) is 0 Å². The van der Waals surface area contributed by atoms with Gasteiger partial charge in [0.2, 0.25) is 0 Å². The van der Waals surface area contributed by atoms with Crippen molar-refractivity contribution in [3.8, 4) is 0 Å². The van der Waals surface area contributed by atoms with E-state index in [1.807, 2.05) is 0 Å². The van der Waals surface area contributed by atoms with E-state index in [1.54, 1.807) is 18.2 Å². The van der Waals surface area contributed by atoms with Crippen molar-refractivity contribution < 1.29 is 18.0 Å². The van der Waals surface area contributed by atoms with Crippen LogP contribution in [0.15, 0.2) is 59.7 Å². The molecule has 0 saturated carbocycles. The predicted molar refractivity (Wildman–Crippen MR) is 84.1 cm³/mol. The molecule has 2 heterocycles. The number of amides is 1. The van der Waals surface area contributed by atoms with E-state index >= 15 is 0 Å². The fraction of sp³-hybridized carbons (Fsp3) is 0.118. The highest BCUT2D eigenvalue weighted by atomic mass is 19.4. The van der Waals surface area contributed by atoms with E-state index in [-0.39, 0.29) is 17.7 Å². The summed E-state index contributed by atoms with van der Waals surface area (Å²) >= 11 is 0. The molecule has 0 bridgehead atoms. The Morgan fingerprint density at radius 3 is 2.60 bits per heavy atom. The molecule has 3 aromatic rings. The van der Waals surface area contributed by atoms with E-state index in [0.717, 1.165) is 12.3 Å². The van der Waals surface area contributed by atoms with Crippen LogP contribution in [0, 0.1) is 0 Å². The maximum atomic E-state index is 13.0. The first kappa shape index (κ1) is 16.7. The lowest BCUT2D eigenvalue weighted by Gasteiger charge is -2.13. The van der Waals surface area contributed by atoms with Crippen LogP contribution < -0.4 is 10.9 Å². The van der Waals surface area contributed by atoms with Gasteiger partial charge in [-0.25, -0.2) is 4.98 Å². The lowest BCUT2D eigenvalue weighted by atomic mass is 10.1. The zero-order chi connectivity index (χ0) is 18.0. The highest BCUT2D eigenvalue weighted by Gasteiger charge is 2.32. The van der Waals surface area contributed by atoms with Crippen LogP contribution in [0.25, 0.3) is 5.65 Å². The summed E-state index contributed by atoms with van der Waals surface area (Å²) in [6.45, 7) is -0.356. The molecule has 0 unspecified atom stereocenters. The molecule has 3 rings (SSSR count). The summed E-state index contributed by atoms with van der Waals surface area (Å²) in [5.41, 5.74) is -1.38. The van der Waals surface area contributed by atoms with Crippen LogP contribution in [0.4, 0.5) is 13.2 Å². The van der Waals surface area contributed by atoms with Crippen LogP contribution in [-0.4, -0.2) is 15.3 Å². The van der Waals surface area contributed by atoms with Gasteiger partial charge in [0, 0.05) is 18.9 Å². The van der Waals surface area contributed by atoms with E-state index in [4.69, 9.17) is 0 Å². The Kier molecular flexibility index (Phi) is 4.26. The fourth-order valence-corrected chi connectivity index (χ4v) is 2.40. The number of nitrogens with one attached hydrogen (secondary N) is 1. The highest BCUT2D eigenvalue weighted by Crippen LogP contribution is 2.31. The van der Waals surface area contributed by atoms with Crippen molar-refractivity contribution in [3.05, 3.63) is 81.9 Å². The molecule has 2 aromatic heterocycles. The normalized spacial score (nSPS) is 11.5. The molecule has 0 radical (unpaired) electrons. The van der Waals surface area contributed by atoms with Crippen molar-refractivity contribution in [2.45, 2.75) is 12.7 Å². The molecule has 0 saturated heterocycles. The van der Waals surface area contributed by atoms with E-state index in [1.165, 1.54) is 28.8 Å². The first-order valence-corrected chi connectivity index (χ1v) is 7.27. The number of nitrogens with zero attached hydrogens (tertiary/aromatic N) is 2. The highest BCUT2D eigenvalue weighted by molar-refractivity contribution is 5.93. The number of halogens is 3. The summed E-state index contributed by atoms with van der Waals surface area (Å²) in [4.78, 5) is 28.5. The average molecular weight is 347 g/mol. The summed E-state index contributed by atoms with van der Waals surface area (Å²) < 4.78 is 40.1. The molecule has 25 heavy (non-hydrogen) atoms. The lowest BCUT2D eigenvalue weighted by Crippen LogP contribution is -2.31. The summed E-state index contributed by atoms with van der Waals surface area (Å²) in [6, 6.07) is 9.83.